The summed E-state index contributed by atoms with van der Waals surface area (Å²) in [5, 5.41) is 0. The quantitative estimate of drug-likeness (QED) is 0.775. The molecule has 22 heavy (non-hydrogen) atoms. The average Bonchev–Trinajstić information content (AvgIpc) is 2.46. The number of rotatable bonds is 4. The summed E-state index contributed by atoms with van der Waals surface area (Å²) in [6.45, 7) is 18.7. The molecule has 0 amide bonds. The van der Waals surface area contributed by atoms with Crippen molar-refractivity contribution in [3.05, 3.63) is 42.3 Å². The van der Waals surface area contributed by atoms with Crippen LogP contribution in [0, 0.1) is 0 Å². The van der Waals surface area contributed by atoms with Crippen LogP contribution < -0.4 is 4.90 Å². The maximum atomic E-state index is 5.87. The van der Waals surface area contributed by atoms with Crippen molar-refractivity contribution in [2.45, 2.75) is 46.1 Å². The lowest BCUT2D eigenvalue weighted by Gasteiger charge is -2.39. The summed E-state index contributed by atoms with van der Waals surface area (Å²) >= 11 is 0. The smallest absolute Gasteiger partial charge is 0.182 e. The largest absolute Gasteiger partial charge is 0.474 e. The molecule has 3 heteroatoms. The molecule has 0 radical (unpaired) electrons. The van der Waals surface area contributed by atoms with Crippen LogP contribution >= 0.6 is 0 Å². The number of anilines is 1. The molecule has 0 saturated carbocycles. The zero-order valence-corrected chi connectivity index (χ0v) is 14.7. The van der Waals surface area contributed by atoms with Gasteiger partial charge in [0.15, 0.2) is 5.88 Å². The van der Waals surface area contributed by atoms with Gasteiger partial charge >= 0.3 is 0 Å². The second-order valence-corrected chi connectivity index (χ2v) is 7.33. The van der Waals surface area contributed by atoms with Crippen molar-refractivity contribution < 1.29 is 4.74 Å². The lowest BCUT2D eigenvalue weighted by molar-refractivity contribution is 0.00167. The van der Waals surface area contributed by atoms with Crippen LogP contribution in [0.5, 0.6) is 0 Å². The fraction of sp³-hybridized carbons (Fsp3) is 0.579. The Labute approximate surface area is 135 Å². The van der Waals surface area contributed by atoms with Crippen molar-refractivity contribution in [1.29, 1.82) is 0 Å². The molecule has 3 nitrogen and oxygen atoms in total. The molecule has 2 rings (SSSR count). The highest BCUT2D eigenvalue weighted by atomic mass is 16.5. The zero-order valence-electron chi connectivity index (χ0n) is 14.7. The molecular weight excluding hydrogens is 272 g/mol. The Hall–Kier alpha value is -1.64. The molecule has 1 heterocycles. The molecule has 0 N–H and O–H groups in total. The minimum atomic E-state index is -0.180. The Kier molecular flexibility index (Phi) is 5.05. The number of ether oxygens (including phenoxy) is 1. The molecule has 1 aromatic rings. The van der Waals surface area contributed by atoms with E-state index in [1.807, 2.05) is 0 Å². The van der Waals surface area contributed by atoms with Crippen molar-refractivity contribution in [2.24, 2.45) is 0 Å². The topological polar surface area (TPSA) is 15.7 Å². The molecule has 0 unspecified atom stereocenters. The summed E-state index contributed by atoms with van der Waals surface area (Å²) < 4.78 is 5.87. The van der Waals surface area contributed by atoms with E-state index in [1.165, 1.54) is 11.3 Å². The highest BCUT2D eigenvalue weighted by Gasteiger charge is 2.22. The predicted octanol–water partition coefficient (Wildman–Crippen LogP) is 4.22. The first-order valence-electron chi connectivity index (χ1n) is 8.24. The van der Waals surface area contributed by atoms with Gasteiger partial charge in [-0.25, -0.2) is 0 Å². The van der Waals surface area contributed by atoms with Crippen molar-refractivity contribution in [3.8, 4) is 0 Å². The minimum Gasteiger partial charge on any atom is -0.474 e. The molecule has 1 fully saturated rings. The second-order valence-electron chi connectivity index (χ2n) is 7.33. The molecule has 122 valence electrons. The lowest BCUT2D eigenvalue weighted by Crippen LogP contribution is -2.46. The fourth-order valence-electron chi connectivity index (χ4n) is 2.70. The van der Waals surface area contributed by atoms with E-state index in [4.69, 9.17) is 4.74 Å². The molecule has 0 aliphatic carbocycles. The van der Waals surface area contributed by atoms with Crippen molar-refractivity contribution >= 4 is 5.69 Å². The maximum Gasteiger partial charge on any atom is 0.182 e. The van der Waals surface area contributed by atoms with Gasteiger partial charge in [0.05, 0.1) is 0 Å². The summed E-state index contributed by atoms with van der Waals surface area (Å²) in [7, 11) is 0. The normalized spacial score (nSPS) is 16.1. The first kappa shape index (κ1) is 16.7. The van der Waals surface area contributed by atoms with E-state index in [-0.39, 0.29) is 5.60 Å². The van der Waals surface area contributed by atoms with Gasteiger partial charge in [-0.15, -0.1) is 0 Å². The third-order valence-corrected chi connectivity index (χ3v) is 3.98. The second kappa shape index (κ2) is 6.64. The van der Waals surface area contributed by atoms with E-state index in [9.17, 15) is 0 Å². The van der Waals surface area contributed by atoms with Crippen LogP contribution in [0.3, 0.4) is 0 Å². The number of benzene rings is 1. The first-order chi connectivity index (χ1) is 10.3. The molecule has 1 aromatic carbocycles. The third-order valence-electron chi connectivity index (χ3n) is 3.98. The number of hydrogen-bond donors (Lipinski definition) is 0. The summed E-state index contributed by atoms with van der Waals surface area (Å²) in [5.74, 6) is 1.38. The van der Waals surface area contributed by atoms with E-state index < -0.39 is 0 Å². The Balaban J connectivity index is 1.90. The standard InChI is InChI=1S/C19H30N2O/c1-15(2)17-7-9-18(10-8-17)21-13-11-20(12-14-21)16(3)22-19(4,5)6/h7-10,15H,3,11-14H2,1-2,4-6H3. The van der Waals surface area contributed by atoms with Gasteiger partial charge in [0.1, 0.15) is 5.60 Å². The SMILES string of the molecule is C=C(OC(C)(C)C)N1CCN(c2ccc(C(C)C)cc2)CC1. The Morgan fingerprint density at radius 3 is 2.05 bits per heavy atom. The highest BCUT2D eigenvalue weighted by Crippen LogP contribution is 2.23. The van der Waals surface area contributed by atoms with Crippen LogP contribution in [-0.4, -0.2) is 36.7 Å². The summed E-state index contributed by atoms with van der Waals surface area (Å²) in [4.78, 5) is 4.68. The third kappa shape index (κ3) is 4.43. The molecule has 1 aliphatic rings. The molecule has 1 saturated heterocycles. The van der Waals surface area contributed by atoms with E-state index >= 15 is 0 Å². The summed E-state index contributed by atoms with van der Waals surface area (Å²) in [5.41, 5.74) is 2.53. The van der Waals surface area contributed by atoms with E-state index in [0.717, 1.165) is 32.1 Å². The van der Waals surface area contributed by atoms with Gasteiger partial charge in [-0.1, -0.05) is 26.0 Å². The molecular formula is C19H30N2O. The zero-order chi connectivity index (χ0) is 16.3. The maximum absolute atomic E-state index is 5.87. The van der Waals surface area contributed by atoms with Gasteiger partial charge in [-0.05, 0) is 51.0 Å². The van der Waals surface area contributed by atoms with E-state index in [1.54, 1.807) is 0 Å². The van der Waals surface area contributed by atoms with Crippen LogP contribution in [0.25, 0.3) is 0 Å². The molecule has 0 bridgehead atoms. The first-order valence-corrected chi connectivity index (χ1v) is 8.24. The molecule has 1 aliphatic heterocycles. The molecule has 0 atom stereocenters. The average molecular weight is 302 g/mol. The lowest BCUT2D eigenvalue weighted by atomic mass is 10.0. The van der Waals surface area contributed by atoms with Crippen LogP contribution in [0.2, 0.25) is 0 Å². The number of hydrogen-bond acceptors (Lipinski definition) is 3. The fourth-order valence-corrected chi connectivity index (χ4v) is 2.70. The van der Waals surface area contributed by atoms with Gasteiger partial charge in [-0.2, -0.15) is 0 Å². The van der Waals surface area contributed by atoms with E-state index in [0.29, 0.717) is 5.92 Å². The van der Waals surface area contributed by atoms with Crippen LogP contribution in [0.1, 0.15) is 46.1 Å². The summed E-state index contributed by atoms with van der Waals surface area (Å²) in [6, 6.07) is 8.97. The Morgan fingerprint density at radius 2 is 1.59 bits per heavy atom. The Morgan fingerprint density at radius 1 is 1.05 bits per heavy atom. The van der Waals surface area contributed by atoms with Crippen molar-refractivity contribution in [2.75, 3.05) is 31.1 Å². The monoisotopic (exact) mass is 302 g/mol. The van der Waals surface area contributed by atoms with Gasteiger partial charge in [0.2, 0.25) is 0 Å². The van der Waals surface area contributed by atoms with Crippen molar-refractivity contribution in [1.82, 2.24) is 4.90 Å². The van der Waals surface area contributed by atoms with E-state index in [2.05, 4.69) is 75.3 Å². The van der Waals surface area contributed by atoms with Crippen LogP contribution in [0.15, 0.2) is 36.7 Å². The Bertz CT molecular complexity index is 491. The minimum absolute atomic E-state index is 0.180. The van der Waals surface area contributed by atoms with Gasteiger partial charge in [0.25, 0.3) is 0 Å². The highest BCUT2D eigenvalue weighted by molar-refractivity contribution is 5.48. The van der Waals surface area contributed by atoms with Gasteiger partial charge < -0.3 is 14.5 Å². The van der Waals surface area contributed by atoms with Gasteiger partial charge in [-0.3, -0.25) is 0 Å². The summed E-state index contributed by atoms with van der Waals surface area (Å²) in [6.07, 6.45) is 0. The number of piperazine rings is 1. The van der Waals surface area contributed by atoms with Crippen LogP contribution in [0.4, 0.5) is 5.69 Å². The molecule has 0 aromatic heterocycles. The van der Waals surface area contributed by atoms with Crippen molar-refractivity contribution in [3.63, 3.8) is 0 Å². The number of nitrogens with zero attached hydrogens (tertiary/aromatic N) is 2. The molecule has 0 spiro atoms. The van der Waals surface area contributed by atoms with Gasteiger partial charge in [0, 0.05) is 31.9 Å². The van der Waals surface area contributed by atoms with Crippen LogP contribution in [-0.2, 0) is 4.74 Å². The predicted molar refractivity (Wildman–Crippen MR) is 94.3 cm³/mol.